The zero-order valence-corrected chi connectivity index (χ0v) is 14.7. The minimum absolute atomic E-state index is 0.0593. The number of anilines is 1. The van der Waals surface area contributed by atoms with Gasteiger partial charge in [-0.1, -0.05) is 11.6 Å². The van der Waals surface area contributed by atoms with E-state index in [0.29, 0.717) is 17.5 Å². The van der Waals surface area contributed by atoms with E-state index in [9.17, 15) is 4.79 Å². The van der Waals surface area contributed by atoms with E-state index in [1.807, 2.05) is 37.6 Å². The zero-order valence-electron chi connectivity index (χ0n) is 13.1. The molecule has 120 valence electrons. The number of amides is 1. The number of carbonyl (C=O) groups excluding carboxylic acids is 1. The largest absolute Gasteiger partial charge is 0.383 e. The molecule has 0 saturated carbocycles. The van der Waals surface area contributed by atoms with Crippen LogP contribution in [0.5, 0.6) is 0 Å². The van der Waals surface area contributed by atoms with Gasteiger partial charge in [-0.2, -0.15) is 5.10 Å². The van der Waals surface area contributed by atoms with Gasteiger partial charge in [0, 0.05) is 12.0 Å². The van der Waals surface area contributed by atoms with Crippen molar-refractivity contribution in [2.75, 3.05) is 19.0 Å². The molecule has 0 bridgehead atoms. The fraction of sp³-hybridized carbons (Fsp3) is 0.467. The molecule has 2 heterocycles. The van der Waals surface area contributed by atoms with Crippen LogP contribution in [0.4, 0.5) is 5.69 Å². The highest BCUT2D eigenvalue weighted by atomic mass is 35.5. The number of nitrogens with one attached hydrogen (secondary N) is 1. The predicted octanol–water partition coefficient (Wildman–Crippen LogP) is 3.60. The Morgan fingerprint density at radius 2 is 2.23 bits per heavy atom. The molecule has 0 fully saturated rings. The Labute approximate surface area is 139 Å². The van der Waals surface area contributed by atoms with E-state index in [1.54, 1.807) is 7.11 Å². The van der Waals surface area contributed by atoms with Gasteiger partial charge in [0.15, 0.2) is 0 Å². The summed E-state index contributed by atoms with van der Waals surface area (Å²) in [6, 6.07) is 3.70. The summed E-state index contributed by atoms with van der Waals surface area (Å²) < 4.78 is 7.61. The summed E-state index contributed by atoms with van der Waals surface area (Å²) >= 11 is 7.36. The van der Waals surface area contributed by atoms with Crippen LogP contribution in [-0.4, -0.2) is 29.4 Å². The van der Waals surface area contributed by atoms with Gasteiger partial charge >= 0.3 is 0 Å². The van der Waals surface area contributed by atoms with Crippen molar-refractivity contribution < 1.29 is 9.53 Å². The minimum Gasteiger partial charge on any atom is -0.383 e. The number of methoxy groups -OCH3 is 1. The van der Waals surface area contributed by atoms with Crippen molar-refractivity contribution in [2.24, 2.45) is 0 Å². The molecule has 7 heteroatoms. The summed E-state index contributed by atoms with van der Waals surface area (Å²) in [5.74, 6) is -0.311. The molecule has 0 aliphatic carbocycles. The lowest BCUT2D eigenvalue weighted by molar-refractivity contribution is -0.117. The first-order valence-corrected chi connectivity index (χ1v) is 8.22. The topological polar surface area (TPSA) is 56.1 Å². The molecule has 2 rings (SSSR count). The van der Waals surface area contributed by atoms with Gasteiger partial charge < -0.3 is 10.1 Å². The molecular formula is C15H20ClN3O2S. The summed E-state index contributed by atoms with van der Waals surface area (Å²) in [7, 11) is 1.65. The standard InChI is InChI=1S/C15H20ClN3O2S/c1-9(12-5-6-13(16)22-12)15(20)17-14-10(2)18-19(11(14)3)7-8-21-4/h5-6,9H,7-8H2,1-4H3,(H,17,20). The molecule has 1 unspecified atom stereocenters. The van der Waals surface area contributed by atoms with Crippen LogP contribution in [-0.2, 0) is 16.1 Å². The fourth-order valence-corrected chi connectivity index (χ4v) is 3.31. The van der Waals surface area contributed by atoms with Crippen LogP contribution in [0.3, 0.4) is 0 Å². The summed E-state index contributed by atoms with van der Waals surface area (Å²) in [5, 5.41) is 7.42. The number of aryl methyl sites for hydroxylation is 1. The quantitative estimate of drug-likeness (QED) is 0.873. The normalized spacial score (nSPS) is 12.4. The van der Waals surface area contributed by atoms with Crippen molar-refractivity contribution in [3.05, 3.63) is 32.7 Å². The lowest BCUT2D eigenvalue weighted by Crippen LogP contribution is -2.19. The van der Waals surface area contributed by atoms with Gasteiger partial charge in [-0.15, -0.1) is 11.3 Å². The maximum Gasteiger partial charge on any atom is 0.232 e. The Bertz CT molecular complexity index is 666. The highest BCUT2D eigenvalue weighted by Crippen LogP contribution is 2.29. The lowest BCUT2D eigenvalue weighted by Gasteiger charge is -2.11. The third kappa shape index (κ3) is 3.69. The van der Waals surface area contributed by atoms with Gasteiger partial charge in [0.1, 0.15) is 0 Å². The summed E-state index contributed by atoms with van der Waals surface area (Å²) in [6.45, 7) is 6.95. The number of aromatic nitrogens is 2. The number of nitrogens with zero attached hydrogens (tertiary/aromatic N) is 2. The smallest absolute Gasteiger partial charge is 0.232 e. The monoisotopic (exact) mass is 341 g/mol. The SMILES string of the molecule is COCCn1nc(C)c(NC(=O)C(C)c2ccc(Cl)s2)c1C. The van der Waals surface area contributed by atoms with E-state index < -0.39 is 0 Å². The van der Waals surface area contributed by atoms with Gasteiger partial charge in [0.05, 0.1) is 40.5 Å². The Kier molecular flexibility index (Phi) is 5.61. The molecule has 0 aromatic carbocycles. The maximum absolute atomic E-state index is 12.4. The van der Waals surface area contributed by atoms with Crippen LogP contribution in [0.15, 0.2) is 12.1 Å². The van der Waals surface area contributed by atoms with Crippen molar-refractivity contribution >= 4 is 34.5 Å². The van der Waals surface area contributed by atoms with Crippen LogP contribution >= 0.6 is 22.9 Å². The number of halogens is 1. The van der Waals surface area contributed by atoms with Gasteiger partial charge in [-0.25, -0.2) is 0 Å². The lowest BCUT2D eigenvalue weighted by atomic mass is 10.1. The number of ether oxygens (including phenoxy) is 1. The number of carbonyl (C=O) groups is 1. The number of hydrogen-bond acceptors (Lipinski definition) is 4. The van der Waals surface area contributed by atoms with E-state index in [-0.39, 0.29) is 11.8 Å². The number of thiophene rings is 1. The molecule has 0 radical (unpaired) electrons. The van der Waals surface area contributed by atoms with Gasteiger partial charge in [0.25, 0.3) is 0 Å². The molecule has 2 aromatic heterocycles. The zero-order chi connectivity index (χ0) is 16.3. The van der Waals surface area contributed by atoms with Crippen molar-refractivity contribution in [3.8, 4) is 0 Å². The van der Waals surface area contributed by atoms with Crippen LogP contribution < -0.4 is 5.32 Å². The molecule has 1 amide bonds. The first kappa shape index (κ1) is 17.0. The maximum atomic E-state index is 12.4. The van der Waals surface area contributed by atoms with E-state index in [4.69, 9.17) is 16.3 Å². The Hall–Kier alpha value is -1.37. The van der Waals surface area contributed by atoms with Crippen LogP contribution in [0, 0.1) is 13.8 Å². The van der Waals surface area contributed by atoms with Gasteiger partial charge in [0.2, 0.25) is 5.91 Å². The minimum atomic E-state index is -0.251. The van der Waals surface area contributed by atoms with Crippen LogP contribution in [0.1, 0.15) is 29.1 Å². The molecule has 2 aromatic rings. The molecule has 0 aliphatic heterocycles. The molecule has 0 saturated heterocycles. The average molecular weight is 342 g/mol. The highest BCUT2D eigenvalue weighted by molar-refractivity contribution is 7.16. The summed E-state index contributed by atoms with van der Waals surface area (Å²) in [6.07, 6.45) is 0. The van der Waals surface area contributed by atoms with E-state index >= 15 is 0 Å². The molecule has 1 N–H and O–H groups in total. The first-order chi connectivity index (χ1) is 10.4. The van der Waals surface area contributed by atoms with Crippen molar-refractivity contribution in [1.29, 1.82) is 0 Å². The Morgan fingerprint density at radius 1 is 1.50 bits per heavy atom. The van der Waals surface area contributed by atoms with Gasteiger partial charge in [-0.05, 0) is 32.9 Å². The molecule has 0 spiro atoms. The third-order valence-electron chi connectivity index (χ3n) is 3.55. The molecule has 5 nitrogen and oxygen atoms in total. The first-order valence-electron chi connectivity index (χ1n) is 7.03. The molecule has 22 heavy (non-hydrogen) atoms. The van der Waals surface area contributed by atoms with Crippen molar-refractivity contribution in [1.82, 2.24) is 9.78 Å². The fourth-order valence-electron chi connectivity index (χ4n) is 2.19. The van der Waals surface area contributed by atoms with Crippen molar-refractivity contribution in [3.63, 3.8) is 0 Å². The van der Waals surface area contributed by atoms with E-state index in [0.717, 1.165) is 22.0 Å². The molecule has 1 atom stereocenters. The molecule has 0 aliphatic rings. The second-order valence-electron chi connectivity index (χ2n) is 5.11. The van der Waals surface area contributed by atoms with E-state index in [2.05, 4.69) is 10.4 Å². The van der Waals surface area contributed by atoms with Crippen molar-refractivity contribution in [2.45, 2.75) is 33.2 Å². The second kappa shape index (κ2) is 7.26. The number of hydrogen-bond donors (Lipinski definition) is 1. The van der Waals surface area contributed by atoms with Gasteiger partial charge in [-0.3, -0.25) is 9.48 Å². The average Bonchev–Trinajstić information content (AvgIpc) is 3.03. The predicted molar refractivity (Wildman–Crippen MR) is 90.0 cm³/mol. The summed E-state index contributed by atoms with van der Waals surface area (Å²) in [5.41, 5.74) is 2.51. The Balaban J connectivity index is 2.13. The third-order valence-corrected chi connectivity index (χ3v) is 4.96. The second-order valence-corrected chi connectivity index (χ2v) is 6.86. The number of rotatable bonds is 6. The van der Waals surface area contributed by atoms with Crippen LogP contribution in [0.25, 0.3) is 0 Å². The van der Waals surface area contributed by atoms with Crippen LogP contribution in [0.2, 0.25) is 4.34 Å². The highest BCUT2D eigenvalue weighted by Gasteiger charge is 2.20. The Morgan fingerprint density at radius 3 is 2.82 bits per heavy atom. The summed E-state index contributed by atoms with van der Waals surface area (Å²) in [4.78, 5) is 13.4. The van der Waals surface area contributed by atoms with E-state index in [1.165, 1.54) is 11.3 Å². The molecular weight excluding hydrogens is 322 g/mol.